The lowest BCUT2D eigenvalue weighted by molar-refractivity contribution is -0.131. The minimum Gasteiger partial charge on any atom is -0.496 e. The van der Waals surface area contributed by atoms with Crippen LogP contribution in [0.15, 0.2) is 22.7 Å². The normalized spacial score (nSPS) is 17.8. The number of halogens is 1. The first-order valence-electron chi connectivity index (χ1n) is 7.53. The standard InChI is InChI=1S/C17H24BrNO2/c1-19(2)17(9-5-4-6-10-17)16(20)12-13-7-8-15(21-3)14(18)11-13/h7-8,11H,4-6,9-10,12H2,1-3H3. The van der Waals surface area contributed by atoms with Gasteiger partial charge in [0.25, 0.3) is 0 Å². The highest BCUT2D eigenvalue weighted by molar-refractivity contribution is 9.10. The molecule has 1 aliphatic rings. The first-order chi connectivity index (χ1) is 9.99. The number of carbonyl (C=O) groups excluding carboxylic acids is 1. The third-order valence-electron chi connectivity index (χ3n) is 4.64. The number of nitrogens with zero attached hydrogens (tertiary/aromatic N) is 1. The van der Waals surface area contributed by atoms with Crippen molar-refractivity contribution in [1.29, 1.82) is 0 Å². The molecule has 0 radical (unpaired) electrons. The summed E-state index contributed by atoms with van der Waals surface area (Å²) in [5, 5.41) is 0. The molecule has 116 valence electrons. The van der Waals surface area contributed by atoms with E-state index in [9.17, 15) is 4.79 Å². The van der Waals surface area contributed by atoms with Gasteiger partial charge in [-0.3, -0.25) is 9.69 Å². The summed E-state index contributed by atoms with van der Waals surface area (Å²) in [6, 6.07) is 5.88. The number of ketones is 1. The number of carbonyl (C=O) groups is 1. The molecule has 0 aliphatic heterocycles. The monoisotopic (exact) mass is 353 g/mol. The van der Waals surface area contributed by atoms with Gasteiger partial charge < -0.3 is 4.74 Å². The van der Waals surface area contributed by atoms with Gasteiger partial charge in [0.15, 0.2) is 5.78 Å². The van der Waals surface area contributed by atoms with Crippen molar-refractivity contribution >= 4 is 21.7 Å². The summed E-state index contributed by atoms with van der Waals surface area (Å²) in [4.78, 5) is 15.0. The predicted octanol–water partition coefficient (Wildman–Crippen LogP) is 3.83. The number of methoxy groups -OCH3 is 1. The molecule has 0 aromatic heterocycles. The van der Waals surface area contributed by atoms with Crippen LogP contribution < -0.4 is 4.74 Å². The average molecular weight is 354 g/mol. The van der Waals surface area contributed by atoms with Gasteiger partial charge in [-0.05, 0) is 60.6 Å². The Balaban J connectivity index is 2.17. The first-order valence-corrected chi connectivity index (χ1v) is 8.32. The molecule has 0 spiro atoms. The van der Waals surface area contributed by atoms with Crippen LogP contribution in [-0.2, 0) is 11.2 Å². The molecule has 0 bridgehead atoms. The summed E-state index contributed by atoms with van der Waals surface area (Å²) in [5.74, 6) is 1.13. The number of Topliss-reactive ketones (excluding diaryl/α,β-unsaturated/α-hetero) is 1. The second-order valence-corrected chi connectivity index (χ2v) is 6.91. The van der Waals surface area contributed by atoms with Gasteiger partial charge in [-0.1, -0.05) is 25.3 Å². The third kappa shape index (κ3) is 3.49. The molecule has 0 heterocycles. The minimum atomic E-state index is -0.273. The Bertz CT molecular complexity index is 508. The highest BCUT2D eigenvalue weighted by Gasteiger charge is 2.40. The summed E-state index contributed by atoms with van der Waals surface area (Å²) in [7, 11) is 5.72. The van der Waals surface area contributed by atoms with E-state index in [1.807, 2.05) is 32.3 Å². The van der Waals surface area contributed by atoms with E-state index in [4.69, 9.17) is 4.74 Å². The van der Waals surface area contributed by atoms with Crippen molar-refractivity contribution in [2.45, 2.75) is 44.1 Å². The molecule has 4 heteroatoms. The molecular weight excluding hydrogens is 330 g/mol. The van der Waals surface area contributed by atoms with Crippen molar-refractivity contribution in [3.63, 3.8) is 0 Å². The van der Waals surface area contributed by atoms with E-state index >= 15 is 0 Å². The van der Waals surface area contributed by atoms with E-state index in [-0.39, 0.29) is 5.54 Å². The predicted molar refractivity (Wildman–Crippen MR) is 88.9 cm³/mol. The van der Waals surface area contributed by atoms with Crippen LogP contribution in [0.25, 0.3) is 0 Å². The molecule has 1 aromatic rings. The second-order valence-electron chi connectivity index (χ2n) is 6.06. The smallest absolute Gasteiger partial charge is 0.157 e. The van der Waals surface area contributed by atoms with Gasteiger partial charge in [-0.15, -0.1) is 0 Å². The first kappa shape index (κ1) is 16.5. The van der Waals surface area contributed by atoms with Crippen molar-refractivity contribution in [1.82, 2.24) is 4.90 Å². The summed E-state index contributed by atoms with van der Waals surface area (Å²) in [6.45, 7) is 0. The van der Waals surface area contributed by atoms with Gasteiger partial charge in [-0.2, -0.15) is 0 Å². The van der Waals surface area contributed by atoms with Crippen LogP contribution in [0.4, 0.5) is 0 Å². The molecule has 0 saturated heterocycles. The van der Waals surface area contributed by atoms with Crippen LogP contribution in [0.1, 0.15) is 37.7 Å². The number of hydrogen-bond acceptors (Lipinski definition) is 3. The van der Waals surface area contributed by atoms with Crippen LogP contribution in [-0.4, -0.2) is 37.4 Å². The van der Waals surface area contributed by atoms with Gasteiger partial charge in [-0.25, -0.2) is 0 Å². The lowest BCUT2D eigenvalue weighted by Crippen LogP contribution is -2.53. The number of likely N-dealkylation sites (N-methyl/N-ethyl adjacent to an activating group) is 1. The van der Waals surface area contributed by atoms with Gasteiger partial charge in [0.1, 0.15) is 5.75 Å². The molecule has 1 aliphatic carbocycles. The maximum absolute atomic E-state index is 12.9. The summed E-state index contributed by atoms with van der Waals surface area (Å²) in [5.41, 5.74) is 0.768. The molecule has 1 saturated carbocycles. The topological polar surface area (TPSA) is 29.5 Å². The highest BCUT2D eigenvalue weighted by Crippen LogP contribution is 2.34. The summed E-state index contributed by atoms with van der Waals surface area (Å²) >= 11 is 3.49. The highest BCUT2D eigenvalue weighted by atomic mass is 79.9. The molecule has 0 unspecified atom stereocenters. The number of benzene rings is 1. The van der Waals surface area contributed by atoms with E-state index < -0.39 is 0 Å². The van der Waals surface area contributed by atoms with Gasteiger partial charge in [0.2, 0.25) is 0 Å². The molecule has 0 amide bonds. The second kappa shape index (κ2) is 6.93. The van der Waals surface area contributed by atoms with Gasteiger partial charge in [0, 0.05) is 6.42 Å². The van der Waals surface area contributed by atoms with Crippen LogP contribution in [0.5, 0.6) is 5.75 Å². The minimum absolute atomic E-state index is 0.273. The van der Waals surface area contributed by atoms with Gasteiger partial charge in [0.05, 0.1) is 17.1 Å². The number of hydrogen-bond donors (Lipinski definition) is 0. The van der Waals surface area contributed by atoms with Crippen LogP contribution in [0.2, 0.25) is 0 Å². The lowest BCUT2D eigenvalue weighted by atomic mass is 9.76. The van der Waals surface area contributed by atoms with Gasteiger partial charge >= 0.3 is 0 Å². The lowest BCUT2D eigenvalue weighted by Gasteiger charge is -2.41. The van der Waals surface area contributed by atoms with E-state index in [2.05, 4.69) is 20.8 Å². The van der Waals surface area contributed by atoms with Crippen LogP contribution in [0.3, 0.4) is 0 Å². The summed E-state index contributed by atoms with van der Waals surface area (Å²) < 4.78 is 6.14. The van der Waals surface area contributed by atoms with Crippen molar-refractivity contribution in [2.75, 3.05) is 21.2 Å². The Hall–Kier alpha value is -0.870. The average Bonchev–Trinajstić information content (AvgIpc) is 2.48. The molecule has 3 nitrogen and oxygen atoms in total. The quantitative estimate of drug-likeness (QED) is 0.805. The Morgan fingerprint density at radius 2 is 1.95 bits per heavy atom. The SMILES string of the molecule is COc1ccc(CC(=O)C2(N(C)C)CCCCC2)cc1Br. The number of rotatable bonds is 5. The fourth-order valence-corrected chi connectivity index (χ4v) is 3.87. The van der Waals surface area contributed by atoms with Crippen molar-refractivity contribution in [3.8, 4) is 5.75 Å². The molecule has 21 heavy (non-hydrogen) atoms. The molecule has 1 fully saturated rings. The Kier molecular flexibility index (Phi) is 5.44. The maximum atomic E-state index is 12.9. The summed E-state index contributed by atoms with van der Waals surface area (Å²) in [6.07, 6.45) is 6.00. The number of ether oxygens (including phenoxy) is 1. The maximum Gasteiger partial charge on any atom is 0.157 e. The zero-order valence-corrected chi connectivity index (χ0v) is 14.7. The van der Waals surface area contributed by atoms with E-state index in [1.165, 1.54) is 6.42 Å². The largest absolute Gasteiger partial charge is 0.496 e. The fourth-order valence-electron chi connectivity index (χ4n) is 3.28. The molecule has 0 N–H and O–H groups in total. The van der Waals surface area contributed by atoms with Crippen molar-refractivity contribution in [3.05, 3.63) is 28.2 Å². The van der Waals surface area contributed by atoms with E-state index in [0.717, 1.165) is 41.5 Å². The molecule has 1 aromatic carbocycles. The fraction of sp³-hybridized carbons (Fsp3) is 0.588. The van der Waals surface area contributed by atoms with Crippen LogP contribution >= 0.6 is 15.9 Å². The Morgan fingerprint density at radius 3 is 2.48 bits per heavy atom. The Labute approximate surface area is 135 Å². The zero-order chi connectivity index (χ0) is 15.5. The van der Waals surface area contributed by atoms with E-state index in [1.54, 1.807) is 7.11 Å². The third-order valence-corrected chi connectivity index (χ3v) is 5.26. The Morgan fingerprint density at radius 1 is 1.29 bits per heavy atom. The van der Waals surface area contributed by atoms with E-state index in [0.29, 0.717) is 12.2 Å². The van der Waals surface area contributed by atoms with Crippen molar-refractivity contribution in [2.24, 2.45) is 0 Å². The van der Waals surface area contributed by atoms with Crippen molar-refractivity contribution < 1.29 is 9.53 Å². The zero-order valence-electron chi connectivity index (χ0n) is 13.1. The van der Waals surface area contributed by atoms with Crippen LogP contribution in [0, 0.1) is 0 Å². The molecule has 2 rings (SSSR count). The molecular formula is C17H24BrNO2. The molecule has 0 atom stereocenters.